The van der Waals surface area contributed by atoms with Crippen LogP contribution in [-0.4, -0.2) is 34.7 Å². The smallest absolute Gasteiger partial charge is 0.410 e. The number of piperidine rings is 1. The molecular weight excluding hydrogens is 302 g/mol. The van der Waals surface area contributed by atoms with E-state index in [0.717, 1.165) is 5.56 Å². The third-order valence-corrected chi connectivity index (χ3v) is 3.99. The average molecular weight is 322 g/mol. The van der Waals surface area contributed by atoms with Crippen LogP contribution in [0.5, 0.6) is 0 Å². The summed E-state index contributed by atoms with van der Waals surface area (Å²) in [5, 5.41) is 10.0. The van der Waals surface area contributed by atoms with Gasteiger partial charge in [-0.2, -0.15) is 5.26 Å². The molecule has 1 fully saturated rings. The summed E-state index contributed by atoms with van der Waals surface area (Å²) < 4.78 is 5.37. The van der Waals surface area contributed by atoms with Gasteiger partial charge in [0.1, 0.15) is 10.8 Å². The van der Waals surface area contributed by atoms with Crippen LogP contribution in [0.1, 0.15) is 39.2 Å². The number of halogens is 1. The number of pyridine rings is 1. The second kappa shape index (κ2) is 6.13. The van der Waals surface area contributed by atoms with Gasteiger partial charge in [0.05, 0.1) is 11.5 Å². The van der Waals surface area contributed by atoms with Crippen LogP contribution >= 0.6 is 11.6 Å². The lowest BCUT2D eigenvalue weighted by atomic mass is 9.75. The first-order chi connectivity index (χ1) is 10.3. The highest BCUT2D eigenvalue weighted by atomic mass is 35.5. The van der Waals surface area contributed by atoms with Gasteiger partial charge in [-0.25, -0.2) is 9.78 Å². The van der Waals surface area contributed by atoms with Crippen molar-refractivity contribution < 1.29 is 9.53 Å². The zero-order chi connectivity index (χ0) is 16.4. The molecule has 6 heteroatoms. The maximum atomic E-state index is 12.1. The third-order valence-electron chi connectivity index (χ3n) is 3.76. The fourth-order valence-electron chi connectivity index (χ4n) is 2.52. The molecule has 1 aliphatic rings. The van der Waals surface area contributed by atoms with E-state index in [-0.39, 0.29) is 6.09 Å². The molecule has 1 aromatic rings. The van der Waals surface area contributed by atoms with Crippen molar-refractivity contribution in [2.24, 2.45) is 0 Å². The van der Waals surface area contributed by atoms with Crippen molar-refractivity contribution >= 4 is 17.7 Å². The van der Waals surface area contributed by atoms with Crippen LogP contribution in [0.4, 0.5) is 4.79 Å². The van der Waals surface area contributed by atoms with Crippen molar-refractivity contribution in [1.82, 2.24) is 9.88 Å². The fraction of sp³-hybridized carbons (Fsp3) is 0.562. The Morgan fingerprint density at radius 2 is 2.05 bits per heavy atom. The largest absolute Gasteiger partial charge is 0.444 e. The Morgan fingerprint density at radius 3 is 2.50 bits per heavy atom. The SMILES string of the molecule is CC(C)(C)OC(=O)N1CCC(C#N)(c2ccc(Cl)nc2)CC1. The van der Waals surface area contributed by atoms with Crippen LogP contribution < -0.4 is 0 Å². The molecular formula is C16H20ClN3O2. The van der Waals surface area contributed by atoms with Gasteiger partial charge in [-0.1, -0.05) is 17.7 Å². The number of amides is 1. The van der Waals surface area contributed by atoms with Gasteiger partial charge in [-0.15, -0.1) is 0 Å². The quantitative estimate of drug-likeness (QED) is 0.742. The first-order valence-electron chi connectivity index (χ1n) is 7.27. The van der Waals surface area contributed by atoms with E-state index in [0.29, 0.717) is 31.1 Å². The number of carbonyl (C=O) groups excluding carboxylic acids is 1. The highest BCUT2D eigenvalue weighted by Crippen LogP contribution is 2.35. The van der Waals surface area contributed by atoms with Gasteiger partial charge in [-0.3, -0.25) is 0 Å². The average Bonchev–Trinajstić information content (AvgIpc) is 2.46. The first-order valence-corrected chi connectivity index (χ1v) is 7.65. The normalized spacial score (nSPS) is 17.7. The highest BCUT2D eigenvalue weighted by Gasteiger charge is 2.39. The molecule has 0 radical (unpaired) electrons. The van der Waals surface area contributed by atoms with E-state index in [4.69, 9.17) is 16.3 Å². The Bertz CT molecular complexity index is 579. The second-order valence-corrected chi connectivity index (χ2v) is 6.92. The number of ether oxygens (including phenoxy) is 1. The monoisotopic (exact) mass is 321 g/mol. The molecule has 1 saturated heterocycles. The molecule has 0 N–H and O–H groups in total. The van der Waals surface area contributed by atoms with E-state index in [9.17, 15) is 10.1 Å². The van der Waals surface area contributed by atoms with Crippen molar-refractivity contribution in [2.45, 2.75) is 44.6 Å². The number of nitrogens with zero attached hydrogens (tertiary/aromatic N) is 3. The van der Waals surface area contributed by atoms with E-state index >= 15 is 0 Å². The van der Waals surface area contributed by atoms with Crippen LogP contribution in [0, 0.1) is 11.3 Å². The van der Waals surface area contributed by atoms with E-state index in [1.165, 1.54) is 0 Å². The van der Waals surface area contributed by atoms with Crippen LogP contribution in [-0.2, 0) is 10.2 Å². The van der Waals surface area contributed by atoms with Crippen molar-refractivity contribution in [3.05, 3.63) is 29.0 Å². The lowest BCUT2D eigenvalue weighted by Crippen LogP contribution is -2.46. The number of hydrogen-bond donors (Lipinski definition) is 0. The van der Waals surface area contributed by atoms with E-state index in [1.807, 2.05) is 26.8 Å². The molecule has 118 valence electrons. The lowest BCUT2D eigenvalue weighted by Gasteiger charge is -2.37. The first kappa shape index (κ1) is 16.6. The Morgan fingerprint density at radius 1 is 1.41 bits per heavy atom. The molecule has 1 aromatic heterocycles. The maximum Gasteiger partial charge on any atom is 0.410 e. The van der Waals surface area contributed by atoms with Gasteiger partial charge in [0.2, 0.25) is 0 Å². The lowest BCUT2D eigenvalue weighted by molar-refractivity contribution is 0.0185. The number of nitriles is 1. The van der Waals surface area contributed by atoms with Gasteiger partial charge in [-0.05, 0) is 45.2 Å². The summed E-state index contributed by atoms with van der Waals surface area (Å²) in [6.45, 7) is 6.51. The molecule has 5 nitrogen and oxygen atoms in total. The number of likely N-dealkylation sites (tertiary alicyclic amines) is 1. The van der Waals surface area contributed by atoms with Crippen LogP contribution in [0.25, 0.3) is 0 Å². The molecule has 0 aromatic carbocycles. The van der Waals surface area contributed by atoms with Crippen LogP contribution in [0.2, 0.25) is 5.15 Å². The van der Waals surface area contributed by atoms with Crippen molar-refractivity contribution in [3.63, 3.8) is 0 Å². The predicted molar refractivity (Wildman–Crippen MR) is 83.6 cm³/mol. The molecule has 0 atom stereocenters. The Balaban J connectivity index is 2.07. The van der Waals surface area contributed by atoms with Crippen LogP contribution in [0.15, 0.2) is 18.3 Å². The minimum Gasteiger partial charge on any atom is -0.444 e. The van der Waals surface area contributed by atoms with Gasteiger partial charge in [0, 0.05) is 19.3 Å². The summed E-state index contributed by atoms with van der Waals surface area (Å²) in [7, 11) is 0. The second-order valence-electron chi connectivity index (χ2n) is 6.53. The fourth-order valence-corrected chi connectivity index (χ4v) is 2.63. The number of carbonyl (C=O) groups is 1. The Kier molecular flexibility index (Phi) is 4.62. The van der Waals surface area contributed by atoms with Crippen molar-refractivity contribution in [3.8, 4) is 6.07 Å². The van der Waals surface area contributed by atoms with Gasteiger partial charge >= 0.3 is 6.09 Å². The summed E-state index contributed by atoms with van der Waals surface area (Å²) in [5.74, 6) is 0. The molecule has 22 heavy (non-hydrogen) atoms. The molecule has 0 bridgehead atoms. The van der Waals surface area contributed by atoms with E-state index < -0.39 is 11.0 Å². The molecule has 0 spiro atoms. The van der Waals surface area contributed by atoms with Crippen LogP contribution in [0.3, 0.4) is 0 Å². The molecule has 2 heterocycles. The Hall–Kier alpha value is -1.80. The summed E-state index contributed by atoms with van der Waals surface area (Å²) in [6.07, 6.45) is 2.44. The van der Waals surface area contributed by atoms with Gasteiger partial charge in [0.15, 0.2) is 0 Å². The number of aromatic nitrogens is 1. The van der Waals surface area contributed by atoms with Crippen molar-refractivity contribution in [1.29, 1.82) is 5.26 Å². The zero-order valence-corrected chi connectivity index (χ0v) is 13.9. The third kappa shape index (κ3) is 3.69. The molecule has 0 unspecified atom stereocenters. The molecule has 1 aliphatic heterocycles. The molecule has 2 rings (SSSR count). The topological polar surface area (TPSA) is 66.2 Å². The molecule has 0 aliphatic carbocycles. The molecule has 0 saturated carbocycles. The summed E-state index contributed by atoms with van der Waals surface area (Å²) in [6, 6.07) is 5.92. The Labute approximate surface area is 135 Å². The summed E-state index contributed by atoms with van der Waals surface area (Å²) in [4.78, 5) is 17.8. The summed E-state index contributed by atoms with van der Waals surface area (Å²) in [5.41, 5.74) is -0.278. The number of hydrogen-bond acceptors (Lipinski definition) is 4. The maximum absolute atomic E-state index is 12.1. The standard InChI is InChI=1S/C16H20ClN3O2/c1-15(2,3)22-14(21)20-8-6-16(11-18,7-9-20)12-4-5-13(17)19-10-12/h4-5,10H,6-9H2,1-3H3. The molecule has 1 amide bonds. The summed E-state index contributed by atoms with van der Waals surface area (Å²) >= 11 is 5.80. The van der Waals surface area contributed by atoms with E-state index in [2.05, 4.69) is 11.1 Å². The van der Waals surface area contributed by atoms with Crippen molar-refractivity contribution in [2.75, 3.05) is 13.1 Å². The van der Waals surface area contributed by atoms with Gasteiger partial charge < -0.3 is 9.64 Å². The minimum absolute atomic E-state index is 0.326. The highest BCUT2D eigenvalue weighted by molar-refractivity contribution is 6.29. The number of rotatable bonds is 1. The zero-order valence-electron chi connectivity index (χ0n) is 13.1. The minimum atomic E-state index is -0.615. The van der Waals surface area contributed by atoms with E-state index in [1.54, 1.807) is 17.2 Å². The van der Waals surface area contributed by atoms with Gasteiger partial charge in [0.25, 0.3) is 0 Å². The predicted octanol–water partition coefficient (Wildman–Crippen LogP) is 3.53.